The Morgan fingerprint density at radius 2 is 1.97 bits per heavy atom. The van der Waals surface area contributed by atoms with E-state index in [1.54, 1.807) is 25.3 Å². The Balaban J connectivity index is 1.51. The zero-order valence-corrected chi connectivity index (χ0v) is 19.0. The smallest absolute Gasteiger partial charge is 0.234 e. The molecule has 0 unspecified atom stereocenters. The van der Waals surface area contributed by atoms with Crippen LogP contribution in [-0.4, -0.2) is 33.5 Å². The van der Waals surface area contributed by atoms with Crippen LogP contribution in [0.5, 0.6) is 5.75 Å². The average Bonchev–Trinajstić information content (AvgIpc) is 3.34. The third-order valence-corrected chi connectivity index (χ3v) is 5.86. The molecule has 31 heavy (non-hydrogen) atoms. The average molecular weight is 477 g/mol. The number of carbonyl (C=O) groups is 1. The predicted molar refractivity (Wildman–Crippen MR) is 123 cm³/mol. The minimum absolute atomic E-state index is 0.149. The second-order valence-electron chi connectivity index (χ2n) is 6.53. The standard InChI is InChI=1S/C21H18Cl2N4O3S/c1-3-27-20(17-7-12-5-4-6-16(29-2)19(12)30-17)25-26-21(27)31-11-18(28)24-15-9-13(22)8-14(23)10-15/h4-10H,3,11H2,1-2H3,(H,24,28). The van der Waals surface area contributed by atoms with Crippen LogP contribution < -0.4 is 10.1 Å². The van der Waals surface area contributed by atoms with Gasteiger partial charge in [0.1, 0.15) is 0 Å². The Labute approximate surface area is 192 Å². The molecular formula is C21H18Cl2N4O3S. The van der Waals surface area contributed by atoms with Crippen LogP contribution >= 0.6 is 35.0 Å². The molecule has 0 radical (unpaired) electrons. The van der Waals surface area contributed by atoms with Gasteiger partial charge in [-0.25, -0.2) is 0 Å². The Morgan fingerprint density at radius 1 is 1.19 bits per heavy atom. The van der Waals surface area contributed by atoms with Gasteiger partial charge in [-0.05, 0) is 37.3 Å². The Hall–Kier alpha value is -2.68. The largest absolute Gasteiger partial charge is 0.493 e. The molecule has 1 amide bonds. The minimum atomic E-state index is -0.205. The van der Waals surface area contributed by atoms with E-state index in [4.69, 9.17) is 32.4 Å². The summed E-state index contributed by atoms with van der Waals surface area (Å²) in [6.07, 6.45) is 0. The molecule has 7 nitrogen and oxygen atoms in total. The van der Waals surface area contributed by atoms with Gasteiger partial charge in [0.05, 0.1) is 12.9 Å². The molecule has 0 aliphatic rings. The predicted octanol–water partition coefficient (Wildman–Crippen LogP) is 5.76. The van der Waals surface area contributed by atoms with E-state index >= 15 is 0 Å². The second-order valence-corrected chi connectivity index (χ2v) is 8.35. The summed E-state index contributed by atoms with van der Waals surface area (Å²) in [5.74, 6) is 1.77. The van der Waals surface area contributed by atoms with Gasteiger partial charge in [-0.3, -0.25) is 9.36 Å². The molecule has 160 valence electrons. The normalized spacial score (nSPS) is 11.1. The van der Waals surface area contributed by atoms with Crippen LogP contribution in [0.3, 0.4) is 0 Å². The highest BCUT2D eigenvalue weighted by Gasteiger charge is 2.19. The van der Waals surface area contributed by atoms with Crippen LogP contribution in [0.2, 0.25) is 10.0 Å². The highest BCUT2D eigenvalue weighted by atomic mass is 35.5. The number of halogens is 2. The van der Waals surface area contributed by atoms with Gasteiger partial charge >= 0.3 is 0 Å². The SMILES string of the molecule is CCn1c(SCC(=O)Nc2cc(Cl)cc(Cl)c2)nnc1-c1cc2cccc(OC)c2o1. The topological polar surface area (TPSA) is 82.2 Å². The van der Waals surface area contributed by atoms with Crippen molar-refractivity contribution in [2.75, 3.05) is 18.2 Å². The van der Waals surface area contributed by atoms with Gasteiger partial charge in [-0.1, -0.05) is 47.1 Å². The maximum atomic E-state index is 12.4. The lowest BCUT2D eigenvalue weighted by molar-refractivity contribution is -0.113. The van der Waals surface area contributed by atoms with E-state index in [0.717, 1.165) is 5.39 Å². The molecule has 4 rings (SSSR count). The van der Waals surface area contributed by atoms with Gasteiger partial charge < -0.3 is 14.5 Å². The van der Waals surface area contributed by atoms with Gasteiger partial charge in [0, 0.05) is 27.7 Å². The van der Waals surface area contributed by atoms with Crippen molar-refractivity contribution in [2.45, 2.75) is 18.6 Å². The number of furan rings is 1. The summed E-state index contributed by atoms with van der Waals surface area (Å²) in [7, 11) is 1.60. The first kappa shape index (κ1) is 21.5. The molecule has 10 heteroatoms. The van der Waals surface area contributed by atoms with Crippen molar-refractivity contribution in [1.29, 1.82) is 0 Å². The summed E-state index contributed by atoms with van der Waals surface area (Å²) in [4.78, 5) is 12.4. The third kappa shape index (κ3) is 4.66. The molecular weight excluding hydrogens is 459 g/mol. The van der Waals surface area contributed by atoms with Crippen LogP contribution in [-0.2, 0) is 11.3 Å². The highest BCUT2D eigenvalue weighted by molar-refractivity contribution is 7.99. The fourth-order valence-electron chi connectivity index (χ4n) is 3.12. The monoisotopic (exact) mass is 476 g/mol. The van der Waals surface area contributed by atoms with Gasteiger partial charge in [0.25, 0.3) is 0 Å². The molecule has 0 bridgehead atoms. The van der Waals surface area contributed by atoms with Crippen molar-refractivity contribution < 1.29 is 13.9 Å². The lowest BCUT2D eigenvalue weighted by Gasteiger charge is -2.07. The fraction of sp³-hybridized carbons (Fsp3) is 0.190. The second kappa shape index (κ2) is 9.21. The number of anilines is 1. The van der Waals surface area contributed by atoms with Crippen LogP contribution in [0.1, 0.15) is 6.92 Å². The van der Waals surface area contributed by atoms with E-state index in [2.05, 4.69) is 15.5 Å². The van der Waals surface area contributed by atoms with Crippen LogP contribution in [0, 0.1) is 0 Å². The number of ether oxygens (including phenoxy) is 1. The number of methoxy groups -OCH3 is 1. The first-order chi connectivity index (χ1) is 15.0. The zero-order valence-electron chi connectivity index (χ0n) is 16.7. The number of hydrogen-bond donors (Lipinski definition) is 1. The number of para-hydroxylation sites is 1. The maximum Gasteiger partial charge on any atom is 0.234 e. The summed E-state index contributed by atoms with van der Waals surface area (Å²) in [5.41, 5.74) is 1.19. The van der Waals surface area contributed by atoms with E-state index in [-0.39, 0.29) is 11.7 Å². The molecule has 2 heterocycles. The lowest BCUT2D eigenvalue weighted by Crippen LogP contribution is -2.14. The number of rotatable bonds is 7. The van der Waals surface area contributed by atoms with E-state index in [9.17, 15) is 4.79 Å². The quantitative estimate of drug-likeness (QED) is 0.341. The summed E-state index contributed by atoms with van der Waals surface area (Å²) in [6, 6.07) is 12.5. The van der Waals surface area contributed by atoms with Gasteiger partial charge in [-0.15, -0.1) is 10.2 Å². The highest BCUT2D eigenvalue weighted by Crippen LogP contribution is 2.34. The Bertz CT molecular complexity index is 1230. The molecule has 0 atom stereocenters. The van der Waals surface area contributed by atoms with Crippen molar-refractivity contribution >= 4 is 57.5 Å². The Morgan fingerprint density at radius 3 is 2.68 bits per heavy atom. The van der Waals surface area contributed by atoms with Gasteiger partial charge in [-0.2, -0.15) is 0 Å². The molecule has 2 aromatic heterocycles. The number of nitrogens with zero attached hydrogens (tertiary/aromatic N) is 3. The van der Waals surface area contributed by atoms with Gasteiger partial charge in [0.15, 0.2) is 22.2 Å². The van der Waals surface area contributed by atoms with E-state index in [0.29, 0.717) is 50.4 Å². The van der Waals surface area contributed by atoms with Crippen molar-refractivity contribution in [3.63, 3.8) is 0 Å². The Kier molecular flexibility index (Phi) is 6.41. The number of aromatic nitrogens is 3. The third-order valence-electron chi connectivity index (χ3n) is 4.46. The fourth-order valence-corrected chi connectivity index (χ4v) is 4.45. The first-order valence-corrected chi connectivity index (χ1v) is 11.1. The van der Waals surface area contributed by atoms with Crippen LogP contribution in [0.4, 0.5) is 5.69 Å². The summed E-state index contributed by atoms with van der Waals surface area (Å²) < 4.78 is 13.3. The number of benzene rings is 2. The molecule has 0 spiro atoms. The lowest BCUT2D eigenvalue weighted by atomic mass is 10.2. The summed E-state index contributed by atoms with van der Waals surface area (Å²) in [6.45, 7) is 2.60. The molecule has 0 aliphatic carbocycles. The van der Waals surface area contributed by atoms with Crippen molar-refractivity contribution in [3.05, 3.63) is 52.5 Å². The van der Waals surface area contributed by atoms with Crippen molar-refractivity contribution in [1.82, 2.24) is 14.8 Å². The van der Waals surface area contributed by atoms with E-state index < -0.39 is 0 Å². The number of amides is 1. The molecule has 1 N–H and O–H groups in total. The van der Waals surface area contributed by atoms with Crippen LogP contribution in [0.25, 0.3) is 22.6 Å². The molecule has 0 saturated heterocycles. The molecule has 2 aromatic carbocycles. The number of thioether (sulfide) groups is 1. The number of fused-ring (bicyclic) bond motifs is 1. The molecule has 4 aromatic rings. The van der Waals surface area contributed by atoms with Crippen molar-refractivity contribution in [3.8, 4) is 17.3 Å². The molecule has 0 saturated carbocycles. The van der Waals surface area contributed by atoms with Crippen LogP contribution in [0.15, 0.2) is 52.0 Å². The maximum absolute atomic E-state index is 12.4. The number of nitrogens with one attached hydrogen (secondary N) is 1. The van der Waals surface area contributed by atoms with Gasteiger partial charge in [0.2, 0.25) is 11.7 Å². The minimum Gasteiger partial charge on any atom is -0.493 e. The van der Waals surface area contributed by atoms with E-state index in [1.807, 2.05) is 35.8 Å². The first-order valence-electron chi connectivity index (χ1n) is 9.37. The summed E-state index contributed by atoms with van der Waals surface area (Å²) in [5, 5.41) is 13.7. The summed E-state index contributed by atoms with van der Waals surface area (Å²) >= 11 is 13.2. The molecule has 0 aliphatic heterocycles. The molecule has 0 fully saturated rings. The van der Waals surface area contributed by atoms with E-state index in [1.165, 1.54) is 11.8 Å². The number of carbonyl (C=O) groups excluding carboxylic acids is 1. The zero-order chi connectivity index (χ0) is 22.0. The number of hydrogen-bond acceptors (Lipinski definition) is 6. The van der Waals surface area contributed by atoms with Crippen molar-refractivity contribution in [2.24, 2.45) is 0 Å².